The average Bonchev–Trinajstić information content (AvgIpc) is 3.27. The van der Waals surface area contributed by atoms with Gasteiger partial charge in [-0.1, -0.05) is 0 Å². The normalized spacial score (nSPS) is 10.9. The van der Waals surface area contributed by atoms with Crippen LogP contribution in [0.4, 0.5) is 27.5 Å². The molecule has 0 bridgehead atoms. The van der Waals surface area contributed by atoms with Crippen LogP contribution in [0.1, 0.15) is 15.9 Å². The molecule has 0 spiro atoms. The number of nitrogens with one attached hydrogen (secondary N) is 4. The van der Waals surface area contributed by atoms with Gasteiger partial charge >= 0.3 is 0 Å². The van der Waals surface area contributed by atoms with Gasteiger partial charge in [-0.15, -0.1) is 0 Å². The summed E-state index contributed by atoms with van der Waals surface area (Å²) in [5.41, 5.74) is 8.06. The molecule has 10 nitrogen and oxygen atoms in total. The van der Waals surface area contributed by atoms with E-state index in [4.69, 9.17) is 5.73 Å². The quantitative estimate of drug-likeness (QED) is 0.225. The van der Waals surface area contributed by atoms with Crippen LogP contribution in [0.25, 0.3) is 10.9 Å². The molecule has 11 heteroatoms. The first kappa shape index (κ1) is 21.8. The molecular formula is C22H22FN7O3. The number of halogens is 1. The Morgan fingerprint density at radius 3 is 2.70 bits per heavy atom. The van der Waals surface area contributed by atoms with Crippen molar-refractivity contribution in [3.63, 3.8) is 0 Å². The highest BCUT2D eigenvalue weighted by molar-refractivity contribution is 6.04. The van der Waals surface area contributed by atoms with Crippen molar-refractivity contribution in [3.8, 4) is 11.5 Å². The van der Waals surface area contributed by atoms with E-state index < -0.39 is 11.7 Å². The summed E-state index contributed by atoms with van der Waals surface area (Å²) in [7, 11) is 0. The molecule has 4 aromatic rings. The lowest BCUT2D eigenvalue weighted by Crippen LogP contribution is -2.15. The van der Waals surface area contributed by atoms with E-state index >= 15 is 0 Å². The van der Waals surface area contributed by atoms with Gasteiger partial charge in [-0.05, 0) is 37.3 Å². The maximum atomic E-state index is 14.3. The van der Waals surface area contributed by atoms with Crippen LogP contribution in [-0.4, -0.2) is 44.2 Å². The van der Waals surface area contributed by atoms with Crippen LogP contribution in [-0.2, 0) is 0 Å². The number of H-pyrrole nitrogens is 1. The minimum Gasteiger partial charge on any atom is -0.508 e. The van der Waals surface area contributed by atoms with E-state index in [-0.39, 0.29) is 34.4 Å². The summed E-state index contributed by atoms with van der Waals surface area (Å²) < 4.78 is 14.3. The standard InChI is InChI=1S/C22H22FN7O3/c1-11-18(31)6-12(7-19(11)32)21(33)29-20-15(23)10-27-22(30-20)28-17-9-13(25-5-3-24)8-16-14(17)2-4-26-16/h2,4,6-10,25-26,31-32H,3,5,24H2,1H3,(H2,27,28,29,30,33). The molecule has 0 unspecified atom stereocenters. The number of phenols is 2. The zero-order chi connectivity index (χ0) is 23.5. The highest BCUT2D eigenvalue weighted by atomic mass is 19.1. The van der Waals surface area contributed by atoms with Gasteiger partial charge < -0.3 is 36.9 Å². The molecule has 0 aliphatic heterocycles. The Bertz CT molecular complexity index is 1320. The van der Waals surface area contributed by atoms with Crippen molar-refractivity contribution in [2.24, 2.45) is 5.73 Å². The first-order valence-corrected chi connectivity index (χ1v) is 10.0. The van der Waals surface area contributed by atoms with E-state index in [9.17, 15) is 19.4 Å². The number of hydrogen-bond donors (Lipinski definition) is 7. The summed E-state index contributed by atoms with van der Waals surface area (Å²) >= 11 is 0. The minimum absolute atomic E-state index is 0.0553. The number of carbonyl (C=O) groups is 1. The van der Waals surface area contributed by atoms with Crippen molar-refractivity contribution >= 4 is 40.0 Å². The van der Waals surface area contributed by atoms with Crippen LogP contribution in [0.5, 0.6) is 11.5 Å². The molecule has 170 valence electrons. The van der Waals surface area contributed by atoms with Crippen molar-refractivity contribution < 1.29 is 19.4 Å². The van der Waals surface area contributed by atoms with Gasteiger partial charge in [0.15, 0.2) is 11.6 Å². The summed E-state index contributed by atoms with van der Waals surface area (Å²) in [5, 5.41) is 29.1. The number of benzene rings is 2. The molecule has 2 heterocycles. The number of nitrogens with two attached hydrogens (primary N) is 1. The van der Waals surface area contributed by atoms with Crippen molar-refractivity contribution in [3.05, 3.63) is 59.7 Å². The van der Waals surface area contributed by atoms with Crippen LogP contribution in [0, 0.1) is 12.7 Å². The van der Waals surface area contributed by atoms with Gasteiger partial charge in [0.05, 0.1) is 11.9 Å². The number of hydrogen-bond acceptors (Lipinski definition) is 8. The smallest absolute Gasteiger partial charge is 0.257 e. The molecule has 33 heavy (non-hydrogen) atoms. The number of anilines is 4. The predicted molar refractivity (Wildman–Crippen MR) is 124 cm³/mol. The Morgan fingerprint density at radius 1 is 1.21 bits per heavy atom. The number of aromatic hydroxyl groups is 2. The number of amides is 1. The topological polar surface area (TPSA) is 161 Å². The predicted octanol–water partition coefficient (Wildman–Crippen LogP) is 3.18. The van der Waals surface area contributed by atoms with Crippen molar-refractivity contribution in [1.29, 1.82) is 0 Å². The summed E-state index contributed by atoms with van der Waals surface area (Å²) in [4.78, 5) is 23.7. The van der Waals surface area contributed by atoms with E-state index in [2.05, 4.69) is 30.9 Å². The van der Waals surface area contributed by atoms with Gasteiger partial charge in [0.1, 0.15) is 11.5 Å². The Morgan fingerprint density at radius 2 is 1.97 bits per heavy atom. The van der Waals surface area contributed by atoms with Crippen LogP contribution >= 0.6 is 0 Å². The van der Waals surface area contributed by atoms with Gasteiger partial charge in [-0.2, -0.15) is 4.98 Å². The average molecular weight is 451 g/mol. The molecule has 0 fully saturated rings. The molecule has 0 atom stereocenters. The molecule has 0 aliphatic rings. The number of phenolic OH excluding ortho intramolecular Hbond substituents is 2. The first-order chi connectivity index (χ1) is 15.9. The van der Waals surface area contributed by atoms with Gasteiger partial charge in [-0.3, -0.25) is 4.79 Å². The lowest BCUT2D eigenvalue weighted by molar-refractivity contribution is 0.102. The fourth-order valence-electron chi connectivity index (χ4n) is 3.22. The summed E-state index contributed by atoms with van der Waals surface area (Å²) in [6, 6.07) is 7.98. The Labute approximate surface area is 187 Å². The van der Waals surface area contributed by atoms with Crippen LogP contribution < -0.4 is 21.7 Å². The van der Waals surface area contributed by atoms with E-state index in [0.717, 1.165) is 22.8 Å². The Kier molecular flexibility index (Phi) is 5.96. The molecule has 2 aromatic heterocycles. The molecule has 8 N–H and O–H groups in total. The third-order valence-corrected chi connectivity index (χ3v) is 4.98. The zero-order valence-electron chi connectivity index (χ0n) is 17.6. The van der Waals surface area contributed by atoms with Crippen LogP contribution in [0.2, 0.25) is 0 Å². The highest BCUT2D eigenvalue weighted by Crippen LogP contribution is 2.30. The molecule has 4 rings (SSSR count). The largest absolute Gasteiger partial charge is 0.508 e. The number of aromatic amines is 1. The van der Waals surface area contributed by atoms with Gasteiger partial charge in [-0.25, -0.2) is 9.37 Å². The minimum atomic E-state index is -0.848. The first-order valence-electron chi connectivity index (χ1n) is 10.0. The van der Waals surface area contributed by atoms with E-state index in [1.165, 1.54) is 19.1 Å². The summed E-state index contributed by atoms with van der Waals surface area (Å²) in [6.45, 7) is 2.54. The van der Waals surface area contributed by atoms with E-state index in [0.29, 0.717) is 18.8 Å². The highest BCUT2D eigenvalue weighted by Gasteiger charge is 2.16. The Balaban J connectivity index is 1.60. The van der Waals surface area contributed by atoms with Crippen LogP contribution in [0.15, 0.2) is 42.7 Å². The maximum absolute atomic E-state index is 14.3. The van der Waals surface area contributed by atoms with Gasteiger partial charge in [0.2, 0.25) is 5.95 Å². The van der Waals surface area contributed by atoms with Crippen molar-refractivity contribution in [2.75, 3.05) is 29.0 Å². The number of carbonyl (C=O) groups excluding carboxylic acids is 1. The van der Waals surface area contributed by atoms with Crippen molar-refractivity contribution in [2.45, 2.75) is 6.92 Å². The van der Waals surface area contributed by atoms with Gasteiger partial charge in [0, 0.05) is 47.0 Å². The maximum Gasteiger partial charge on any atom is 0.257 e. The lowest BCUT2D eigenvalue weighted by atomic mass is 10.1. The number of rotatable bonds is 7. The molecule has 0 radical (unpaired) electrons. The van der Waals surface area contributed by atoms with Gasteiger partial charge in [0.25, 0.3) is 5.91 Å². The van der Waals surface area contributed by atoms with Crippen LogP contribution in [0.3, 0.4) is 0 Å². The second kappa shape index (κ2) is 9.01. The summed E-state index contributed by atoms with van der Waals surface area (Å²) in [5.74, 6) is -2.43. The second-order valence-corrected chi connectivity index (χ2v) is 7.29. The number of nitrogens with zero attached hydrogens (tertiary/aromatic N) is 2. The molecule has 1 amide bonds. The fourth-order valence-corrected chi connectivity index (χ4v) is 3.22. The Hall–Kier alpha value is -4.38. The number of aromatic nitrogens is 3. The SMILES string of the molecule is Cc1c(O)cc(C(=O)Nc2nc(Nc3cc(NCCN)cc4[nH]ccc34)ncc2F)cc1O. The third-order valence-electron chi connectivity index (χ3n) is 4.98. The molecule has 0 saturated carbocycles. The zero-order valence-corrected chi connectivity index (χ0v) is 17.6. The third kappa shape index (κ3) is 4.62. The lowest BCUT2D eigenvalue weighted by Gasteiger charge is -2.12. The molecule has 0 aliphatic carbocycles. The summed E-state index contributed by atoms with van der Waals surface area (Å²) in [6.07, 6.45) is 2.71. The van der Waals surface area contributed by atoms with E-state index in [1.807, 2.05) is 18.2 Å². The molecule has 0 saturated heterocycles. The molecule has 2 aromatic carbocycles. The monoisotopic (exact) mass is 451 g/mol. The van der Waals surface area contributed by atoms with E-state index in [1.54, 1.807) is 6.20 Å². The second-order valence-electron chi connectivity index (χ2n) is 7.29. The number of fused-ring (bicyclic) bond motifs is 1. The van der Waals surface area contributed by atoms with Crippen molar-refractivity contribution in [1.82, 2.24) is 15.0 Å². The fraction of sp³-hybridized carbons (Fsp3) is 0.136. The molecular weight excluding hydrogens is 429 g/mol.